The average molecular weight is 443 g/mol. The number of nitrogens with one attached hydrogen (secondary N) is 1. The van der Waals surface area contributed by atoms with Crippen LogP contribution in [0.1, 0.15) is 38.3 Å². The summed E-state index contributed by atoms with van der Waals surface area (Å²) in [5, 5.41) is 2.09. The Hall–Kier alpha value is -2.29. The van der Waals surface area contributed by atoms with Gasteiger partial charge in [0.25, 0.3) is 0 Å². The Morgan fingerprint density at radius 3 is 1.94 bits per heavy atom. The SMILES string of the molecule is C=CC(=O)Nc1ccc(C(CCN)(c2ccccc2)[Si](OCC)(OCC)OCC)cc1. The first kappa shape index (κ1) is 25.0. The third-order valence-electron chi connectivity index (χ3n) is 5.14. The molecule has 0 spiro atoms. The van der Waals surface area contributed by atoms with E-state index in [-0.39, 0.29) is 5.91 Å². The molecule has 1 atom stereocenters. The number of anilines is 1. The van der Waals surface area contributed by atoms with Gasteiger partial charge in [0, 0.05) is 25.5 Å². The zero-order chi connectivity index (χ0) is 22.7. The number of nitrogens with two attached hydrogens (primary N) is 1. The van der Waals surface area contributed by atoms with Crippen molar-refractivity contribution in [1.29, 1.82) is 0 Å². The van der Waals surface area contributed by atoms with Crippen LogP contribution in [0.15, 0.2) is 67.3 Å². The minimum absolute atomic E-state index is 0.259. The van der Waals surface area contributed by atoms with Crippen LogP contribution in [0.25, 0.3) is 0 Å². The highest BCUT2D eigenvalue weighted by Crippen LogP contribution is 2.45. The minimum Gasteiger partial charge on any atom is -0.373 e. The number of carbonyl (C=O) groups excluding carboxylic acids is 1. The van der Waals surface area contributed by atoms with Gasteiger partial charge in [-0.1, -0.05) is 49.0 Å². The molecule has 0 aliphatic rings. The summed E-state index contributed by atoms with van der Waals surface area (Å²) >= 11 is 0. The summed E-state index contributed by atoms with van der Waals surface area (Å²) in [6.45, 7) is 11.1. The van der Waals surface area contributed by atoms with Gasteiger partial charge in [-0.05, 0) is 63.1 Å². The molecule has 0 saturated heterocycles. The quantitative estimate of drug-likeness (QED) is 0.361. The largest absolute Gasteiger partial charge is 0.516 e. The average Bonchev–Trinajstić information content (AvgIpc) is 2.79. The van der Waals surface area contributed by atoms with Gasteiger partial charge in [0.05, 0.1) is 5.04 Å². The van der Waals surface area contributed by atoms with Gasteiger partial charge >= 0.3 is 8.80 Å². The highest BCUT2D eigenvalue weighted by molar-refractivity contribution is 6.65. The fourth-order valence-electron chi connectivity index (χ4n) is 4.00. The Balaban J connectivity index is 2.77. The van der Waals surface area contributed by atoms with Crippen molar-refractivity contribution >= 4 is 20.4 Å². The molecular formula is C24H34N2O4Si. The second-order valence-electron chi connectivity index (χ2n) is 6.94. The van der Waals surface area contributed by atoms with Gasteiger partial charge in [0.15, 0.2) is 0 Å². The van der Waals surface area contributed by atoms with Crippen LogP contribution in [-0.4, -0.2) is 41.1 Å². The number of hydrogen-bond acceptors (Lipinski definition) is 5. The van der Waals surface area contributed by atoms with Gasteiger partial charge in [0.1, 0.15) is 0 Å². The summed E-state index contributed by atoms with van der Waals surface area (Å²) in [6.07, 6.45) is 1.83. The Bertz CT molecular complexity index is 812. The molecular weight excluding hydrogens is 408 g/mol. The van der Waals surface area contributed by atoms with Crippen molar-refractivity contribution in [3.05, 3.63) is 78.4 Å². The van der Waals surface area contributed by atoms with Crippen molar-refractivity contribution in [2.45, 2.75) is 32.2 Å². The molecule has 2 aromatic rings. The van der Waals surface area contributed by atoms with Crippen LogP contribution >= 0.6 is 0 Å². The number of benzene rings is 2. The molecule has 0 fully saturated rings. The van der Waals surface area contributed by atoms with E-state index in [1.165, 1.54) is 6.08 Å². The molecule has 6 nitrogen and oxygen atoms in total. The zero-order valence-corrected chi connectivity index (χ0v) is 19.7. The van der Waals surface area contributed by atoms with Crippen LogP contribution in [-0.2, 0) is 23.1 Å². The van der Waals surface area contributed by atoms with E-state index in [0.717, 1.165) is 11.1 Å². The second kappa shape index (κ2) is 11.9. The van der Waals surface area contributed by atoms with E-state index >= 15 is 0 Å². The molecule has 0 saturated carbocycles. The molecule has 0 bridgehead atoms. The maximum Gasteiger partial charge on any atom is 0.516 e. The molecule has 3 N–H and O–H groups in total. The Labute approximate surface area is 186 Å². The topological polar surface area (TPSA) is 82.8 Å². The smallest absolute Gasteiger partial charge is 0.373 e. The van der Waals surface area contributed by atoms with Crippen molar-refractivity contribution in [2.24, 2.45) is 5.73 Å². The highest BCUT2D eigenvalue weighted by atomic mass is 28.4. The fourth-order valence-corrected chi connectivity index (χ4v) is 7.62. The fraction of sp³-hybridized carbons (Fsp3) is 0.375. The molecule has 2 rings (SSSR count). The van der Waals surface area contributed by atoms with Gasteiger partial charge in [-0.15, -0.1) is 0 Å². The lowest BCUT2D eigenvalue weighted by molar-refractivity contribution is -0.111. The standard InChI is InChI=1S/C24H34N2O4Si/c1-5-23(27)26-22-16-14-21(15-17-22)24(18-19-25,20-12-10-9-11-13-20)31(28-6-2,29-7-3)30-8-4/h5,9-17H,1,6-8,18-19,25H2,2-4H3,(H,26,27). The number of hydrogen-bond donors (Lipinski definition) is 2. The van der Waals surface area contributed by atoms with Crippen molar-refractivity contribution < 1.29 is 18.1 Å². The van der Waals surface area contributed by atoms with Crippen molar-refractivity contribution in [2.75, 3.05) is 31.7 Å². The molecule has 7 heteroatoms. The number of amides is 1. The van der Waals surface area contributed by atoms with E-state index in [2.05, 4.69) is 24.0 Å². The van der Waals surface area contributed by atoms with Gasteiger partial charge in [-0.25, -0.2) is 0 Å². The van der Waals surface area contributed by atoms with E-state index in [4.69, 9.17) is 19.0 Å². The Morgan fingerprint density at radius 2 is 1.48 bits per heavy atom. The van der Waals surface area contributed by atoms with Crippen molar-refractivity contribution in [1.82, 2.24) is 0 Å². The van der Waals surface area contributed by atoms with Crippen LogP contribution < -0.4 is 11.1 Å². The number of rotatable bonds is 13. The summed E-state index contributed by atoms with van der Waals surface area (Å²) in [5.41, 5.74) is 8.86. The summed E-state index contributed by atoms with van der Waals surface area (Å²) in [6, 6.07) is 17.8. The Kier molecular flexibility index (Phi) is 9.61. The van der Waals surface area contributed by atoms with E-state index in [9.17, 15) is 4.79 Å². The first-order chi connectivity index (χ1) is 15.0. The third kappa shape index (κ3) is 5.31. The van der Waals surface area contributed by atoms with Crippen LogP contribution in [0.5, 0.6) is 0 Å². The van der Waals surface area contributed by atoms with Gasteiger partial charge in [0.2, 0.25) is 5.91 Å². The molecule has 1 unspecified atom stereocenters. The second-order valence-corrected chi connectivity index (χ2v) is 9.77. The predicted octanol–water partition coefficient (Wildman–Crippen LogP) is 4.03. The summed E-state index contributed by atoms with van der Waals surface area (Å²) in [4.78, 5) is 11.7. The summed E-state index contributed by atoms with van der Waals surface area (Å²) in [7, 11) is -3.32. The van der Waals surface area contributed by atoms with Gasteiger partial charge in [-0.2, -0.15) is 0 Å². The summed E-state index contributed by atoms with van der Waals surface area (Å²) < 4.78 is 19.2. The van der Waals surface area contributed by atoms with Gasteiger partial charge < -0.3 is 24.3 Å². The Morgan fingerprint density at radius 1 is 0.968 bits per heavy atom. The van der Waals surface area contributed by atoms with Gasteiger partial charge in [-0.3, -0.25) is 4.79 Å². The molecule has 0 radical (unpaired) electrons. The van der Waals surface area contributed by atoms with E-state index in [1.54, 1.807) is 0 Å². The maximum absolute atomic E-state index is 11.7. The molecule has 0 aliphatic carbocycles. The lowest BCUT2D eigenvalue weighted by atomic mass is 9.87. The lowest BCUT2D eigenvalue weighted by Crippen LogP contribution is -2.64. The molecule has 1 amide bonds. The monoisotopic (exact) mass is 442 g/mol. The normalized spacial score (nSPS) is 13.4. The van der Waals surface area contributed by atoms with Crippen LogP contribution in [0.3, 0.4) is 0 Å². The summed E-state index contributed by atoms with van der Waals surface area (Å²) in [5.74, 6) is -0.259. The van der Waals surface area contributed by atoms with E-state index in [1.807, 2.05) is 63.2 Å². The van der Waals surface area contributed by atoms with Crippen molar-refractivity contribution in [3.8, 4) is 0 Å². The molecule has 31 heavy (non-hydrogen) atoms. The molecule has 0 heterocycles. The van der Waals surface area contributed by atoms with Crippen molar-refractivity contribution in [3.63, 3.8) is 0 Å². The first-order valence-corrected chi connectivity index (χ1v) is 12.5. The third-order valence-corrected chi connectivity index (χ3v) is 9.02. The van der Waals surface area contributed by atoms with E-state index < -0.39 is 13.8 Å². The van der Waals surface area contributed by atoms with Crippen LogP contribution in [0, 0.1) is 0 Å². The molecule has 168 valence electrons. The van der Waals surface area contributed by atoms with E-state index in [0.29, 0.717) is 38.5 Å². The maximum atomic E-state index is 11.7. The molecule has 0 aliphatic heterocycles. The molecule has 2 aromatic carbocycles. The van der Waals surface area contributed by atoms with Crippen LogP contribution in [0.4, 0.5) is 5.69 Å². The minimum atomic E-state index is -3.32. The predicted molar refractivity (Wildman–Crippen MR) is 127 cm³/mol. The zero-order valence-electron chi connectivity index (χ0n) is 18.7. The molecule has 0 aromatic heterocycles. The first-order valence-electron chi connectivity index (χ1n) is 10.7. The number of carbonyl (C=O) groups is 1. The highest BCUT2D eigenvalue weighted by Gasteiger charge is 2.62. The van der Waals surface area contributed by atoms with Crippen LogP contribution in [0.2, 0.25) is 0 Å². The lowest BCUT2D eigenvalue weighted by Gasteiger charge is -2.46.